The molecule has 8 nitrogen and oxygen atoms in total. The molecule has 1 aliphatic heterocycles. The Morgan fingerprint density at radius 2 is 2.07 bits per heavy atom. The Hall–Kier alpha value is -3.35. The lowest BCUT2D eigenvalue weighted by Gasteiger charge is -2.30. The molecule has 1 aliphatic rings. The monoisotopic (exact) mass is 362 g/mol. The van der Waals surface area contributed by atoms with Gasteiger partial charge in [0.2, 0.25) is 0 Å². The largest absolute Gasteiger partial charge is 0.508 e. The van der Waals surface area contributed by atoms with Gasteiger partial charge in [-0.05, 0) is 29.8 Å². The summed E-state index contributed by atoms with van der Waals surface area (Å²) in [6.07, 6.45) is 1.78. The third-order valence-electron chi connectivity index (χ3n) is 4.52. The van der Waals surface area contributed by atoms with Gasteiger partial charge in [-0.1, -0.05) is 17.2 Å². The summed E-state index contributed by atoms with van der Waals surface area (Å²) < 4.78 is 5.47. The number of phenols is 1. The number of benzene rings is 1. The van der Waals surface area contributed by atoms with Gasteiger partial charge in [0.25, 0.3) is 0 Å². The summed E-state index contributed by atoms with van der Waals surface area (Å²) in [5.41, 5.74) is 12.6. The number of rotatable bonds is 4. The van der Waals surface area contributed by atoms with Gasteiger partial charge in [-0.2, -0.15) is 0 Å². The molecule has 0 aliphatic carbocycles. The molecule has 2 aromatic heterocycles. The fraction of sp³-hybridized carbons (Fsp3) is 0.263. The number of morpholine rings is 1. The van der Waals surface area contributed by atoms with E-state index in [-0.39, 0.29) is 12.3 Å². The number of pyridine rings is 2. The zero-order valence-electron chi connectivity index (χ0n) is 14.6. The molecule has 3 heterocycles. The fourth-order valence-corrected chi connectivity index (χ4v) is 3.22. The summed E-state index contributed by atoms with van der Waals surface area (Å²) in [5.74, 6) is 0.195. The summed E-state index contributed by atoms with van der Waals surface area (Å²) in [6.45, 7) is 3.11. The first-order valence-electron chi connectivity index (χ1n) is 8.67. The zero-order valence-corrected chi connectivity index (χ0v) is 14.6. The molecule has 27 heavy (non-hydrogen) atoms. The van der Waals surface area contributed by atoms with Gasteiger partial charge >= 0.3 is 0 Å². The summed E-state index contributed by atoms with van der Waals surface area (Å²) >= 11 is 0. The minimum absolute atomic E-state index is 0.178. The highest BCUT2D eigenvalue weighted by Gasteiger charge is 2.17. The van der Waals surface area contributed by atoms with Crippen molar-refractivity contribution in [1.29, 1.82) is 0 Å². The van der Waals surface area contributed by atoms with Crippen LogP contribution in [0, 0.1) is 0 Å². The van der Waals surface area contributed by atoms with Gasteiger partial charge in [0, 0.05) is 40.8 Å². The van der Waals surface area contributed by atoms with Gasteiger partial charge in [0.1, 0.15) is 5.75 Å². The highest BCUT2D eigenvalue weighted by atomic mass is 16.5. The summed E-state index contributed by atoms with van der Waals surface area (Å²) in [5, 5.41) is 14.4. The molecule has 1 fully saturated rings. The van der Waals surface area contributed by atoms with Gasteiger partial charge in [-0.25, -0.2) is 4.98 Å². The summed E-state index contributed by atoms with van der Waals surface area (Å²) in [6, 6.07) is 10.9. The molecule has 0 radical (unpaired) electrons. The van der Waals surface area contributed by atoms with Gasteiger partial charge in [0.15, 0.2) is 0 Å². The van der Waals surface area contributed by atoms with Crippen LogP contribution in [0.1, 0.15) is 5.69 Å². The Bertz CT molecular complexity index is 1030. The Balaban J connectivity index is 1.88. The minimum Gasteiger partial charge on any atom is -0.508 e. The molecule has 0 spiro atoms. The van der Waals surface area contributed by atoms with Crippen LogP contribution in [0.2, 0.25) is 0 Å². The second-order valence-electron chi connectivity index (χ2n) is 6.26. The molecular weight excluding hydrogens is 344 g/mol. The highest BCUT2D eigenvalue weighted by Crippen LogP contribution is 2.32. The zero-order chi connectivity index (χ0) is 18.6. The van der Waals surface area contributed by atoms with Crippen LogP contribution in [-0.2, 0) is 11.3 Å². The van der Waals surface area contributed by atoms with Crippen LogP contribution in [0.15, 0.2) is 47.7 Å². The maximum atomic E-state index is 9.84. The standard InChI is InChI=1S/C19H18N6O2/c20-24-22-11-14-9-18-16(12-21-14)19(25-4-6-27-7-5-25)10-17(23-18)13-2-1-3-15(26)8-13/h1-3,8-10,12,26H,4-7,11H2. The number of phenolic OH excluding ortho intramolecular Hbond substituents is 1. The van der Waals surface area contributed by atoms with Crippen molar-refractivity contribution in [3.8, 4) is 17.0 Å². The predicted molar refractivity (Wildman–Crippen MR) is 103 cm³/mol. The van der Waals surface area contributed by atoms with Crippen molar-refractivity contribution in [2.24, 2.45) is 5.11 Å². The van der Waals surface area contributed by atoms with E-state index in [4.69, 9.17) is 15.3 Å². The van der Waals surface area contributed by atoms with E-state index >= 15 is 0 Å². The van der Waals surface area contributed by atoms with Crippen molar-refractivity contribution in [2.45, 2.75) is 6.54 Å². The second kappa shape index (κ2) is 7.49. The number of azide groups is 1. The van der Waals surface area contributed by atoms with Gasteiger partial charge < -0.3 is 14.7 Å². The van der Waals surface area contributed by atoms with Crippen LogP contribution in [-0.4, -0.2) is 41.4 Å². The summed E-state index contributed by atoms with van der Waals surface area (Å²) in [7, 11) is 0. The number of anilines is 1. The Labute approximate surface area is 155 Å². The lowest BCUT2D eigenvalue weighted by molar-refractivity contribution is 0.123. The Morgan fingerprint density at radius 1 is 1.22 bits per heavy atom. The van der Waals surface area contributed by atoms with E-state index in [2.05, 4.69) is 19.9 Å². The smallest absolute Gasteiger partial charge is 0.116 e. The molecule has 3 aromatic rings. The second-order valence-corrected chi connectivity index (χ2v) is 6.26. The van der Waals surface area contributed by atoms with E-state index in [0.29, 0.717) is 18.9 Å². The van der Waals surface area contributed by atoms with Crippen molar-refractivity contribution in [2.75, 3.05) is 31.2 Å². The SMILES string of the molecule is [N-]=[N+]=NCc1cc2nc(-c3cccc(O)c3)cc(N3CCOCC3)c2cn1. The maximum Gasteiger partial charge on any atom is 0.116 e. The molecule has 1 N–H and O–H groups in total. The lowest BCUT2D eigenvalue weighted by Crippen LogP contribution is -2.36. The quantitative estimate of drug-likeness (QED) is 0.433. The molecule has 136 valence electrons. The molecule has 0 amide bonds. The number of aromatic hydroxyl groups is 1. The van der Waals surface area contributed by atoms with Crippen LogP contribution >= 0.6 is 0 Å². The normalized spacial score (nSPS) is 14.1. The van der Waals surface area contributed by atoms with E-state index < -0.39 is 0 Å². The Morgan fingerprint density at radius 3 is 2.85 bits per heavy atom. The topological polar surface area (TPSA) is 107 Å². The van der Waals surface area contributed by atoms with Gasteiger partial charge in [-0.15, -0.1) is 0 Å². The first-order chi connectivity index (χ1) is 13.2. The van der Waals surface area contributed by atoms with Gasteiger partial charge in [-0.3, -0.25) is 4.98 Å². The van der Waals surface area contributed by atoms with Crippen molar-refractivity contribution in [3.63, 3.8) is 0 Å². The molecule has 0 bridgehead atoms. The number of hydrogen-bond donors (Lipinski definition) is 1. The fourth-order valence-electron chi connectivity index (χ4n) is 3.22. The number of nitrogens with zero attached hydrogens (tertiary/aromatic N) is 6. The molecule has 0 atom stereocenters. The molecule has 0 saturated carbocycles. The van der Waals surface area contributed by atoms with Crippen LogP contribution in [0.3, 0.4) is 0 Å². The van der Waals surface area contributed by atoms with E-state index in [1.807, 2.05) is 18.2 Å². The summed E-state index contributed by atoms with van der Waals surface area (Å²) in [4.78, 5) is 14.2. The van der Waals surface area contributed by atoms with Crippen molar-refractivity contribution >= 4 is 16.6 Å². The third-order valence-corrected chi connectivity index (χ3v) is 4.52. The number of aromatic nitrogens is 2. The van der Waals surface area contributed by atoms with E-state index in [1.54, 1.807) is 24.4 Å². The van der Waals surface area contributed by atoms with Crippen molar-refractivity contribution in [3.05, 3.63) is 58.7 Å². The average molecular weight is 362 g/mol. The van der Waals surface area contributed by atoms with Crippen molar-refractivity contribution < 1.29 is 9.84 Å². The average Bonchev–Trinajstić information content (AvgIpc) is 2.72. The predicted octanol–water partition coefficient (Wildman–Crippen LogP) is 3.65. The van der Waals surface area contributed by atoms with E-state index in [9.17, 15) is 5.11 Å². The minimum atomic E-state index is 0.178. The van der Waals surface area contributed by atoms with E-state index in [0.717, 1.165) is 40.9 Å². The Kier molecular flexibility index (Phi) is 4.74. The van der Waals surface area contributed by atoms with Crippen LogP contribution in [0.4, 0.5) is 5.69 Å². The highest BCUT2D eigenvalue weighted by molar-refractivity contribution is 5.94. The van der Waals surface area contributed by atoms with E-state index in [1.165, 1.54) is 0 Å². The number of hydrogen-bond acceptors (Lipinski definition) is 6. The lowest BCUT2D eigenvalue weighted by atomic mass is 10.1. The van der Waals surface area contributed by atoms with Crippen molar-refractivity contribution in [1.82, 2.24) is 9.97 Å². The first-order valence-corrected chi connectivity index (χ1v) is 8.67. The van der Waals surface area contributed by atoms with Crippen LogP contribution < -0.4 is 4.90 Å². The molecule has 4 rings (SSSR count). The first kappa shape index (κ1) is 17.1. The number of ether oxygens (including phenoxy) is 1. The van der Waals surface area contributed by atoms with Crippen LogP contribution in [0.25, 0.3) is 32.6 Å². The third kappa shape index (κ3) is 3.62. The molecular formula is C19H18N6O2. The number of fused-ring (bicyclic) bond motifs is 1. The molecule has 1 aromatic carbocycles. The van der Waals surface area contributed by atoms with Crippen LogP contribution in [0.5, 0.6) is 5.75 Å². The molecule has 0 unspecified atom stereocenters. The molecule has 1 saturated heterocycles. The maximum absolute atomic E-state index is 9.84. The van der Waals surface area contributed by atoms with Gasteiger partial charge in [0.05, 0.1) is 36.7 Å². The molecule has 8 heteroatoms.